The predicted octanol–water partition coefficient (Wildman–Crippen LogP) is 2.66. The Kier molecular flexibility index (Phi) is 5.21. The van der Waals surface area contributed by atoms with Gasteiger partial charge in [-0.05, 0) is 17.7 Å². The minimum absolute atomic E-state index is 0.245. The van der Waals surface area contributed by atoms with Gasteiger partial charge in [-0.25, -0.2) is 0 Å². The van der Waals surface area contributed by atoms with Crippen LogP contribution in [0.2, 0.25) is 5.02 Å². The number of rotatable bonds is 3. The molecule has 6 nitrogen and oxygen atoms in total. The average Bonchev–Trinajstić information content (AvgIpc) is 2.99. The van der Waals surface area contributed by atoms with Gasteiger partial charge in [0.05, 0.1) is 25.2 Å². The number of thioether (sulfide) groups is 1. The van der Waals surface area contributed by atoms with Crippen molar-refractivity contribution in [2.75, 3.05) is 14.2 Å². The average molecular weight is 400 g/mol. The quantitative estimate of drug-likeness (QED) is 0.798. The maximum Gasteiger partial charge on any atom is 0.320 e. The maximum atomic E-state index is 12.5. The monoisotopic (exact) mass is 399 g/mol. The summed E-state index contributed by atoms with van der Waals surface area (Å²) in [6.45, 7) is 0. The van der Waals surface area contributed by atoms with E-state index >= 15 is 0 Å². The zero-order valence-electron chi connectivity index (χ0n) is 13.3. The Bertz CT molecular complexity index is 860. The topological polar surface area (TPSA) is 85.5 Å². The molecule has 0 radical (unpaired) electrons. The van der Waals surface area contributed by atoms with Crippen LogP contribution in [0.5, 0.6) is 0 Å². The zero-order chi connectivity index (χ0) is 18.1. The van der Waals surface area contributed by atoms with E-state index in [1.165, 1.54) is 14.2 Å². The van der Waals surface area contributed by atoms with Gasteiger partial charge in [-0.3, -0.25) is 14.4 Å². The fourth-order valence-electron chi connectivity index (χ4n) is 2.89. The fraction of sp³-hybridized carbons (Fsp3) is 0.312. The summed E-state index contributed by atoms with van der Waals surface area (Å²) in [4.78, 5) is 39.9. The molecule has 0 bridgehead atoms. The van der Waals surface area contributed by atoms with Gasteiger partial charge in [-0.2, -0.15) is 0 Å². The molecule has 0 spiro atoms. The lowest BCUT2D eigenvalue weighted by atomic mass is 9.82. The highest BCUT2D eigenvalue weighted by Gasteiger charge is 2.48. The van der Waals surface area contributed by atoms with Gasteiger partial charge >= 0.3 is 16.8 Å². The molecule has 0 fully saturated rings. The molecule has 0 amide bonds. The number of ether oxygens (including phenoxy) is 2. The zero-order valence-corrected chi connectivity index (χ0v) is 15.7. The SMILES string of the molecule is COC(=O)[C@@H]1[C@@H](c2ccc(Cl)cc2)c2sc(=O)[nH]c2S[C@H]1C(=O)OC. The van der Waals surface area contributed by atoms with Gasteiger partial charge in [0.2, 0.25) is 0 Å². The van der Waals surface area contributed by atoms with Crippen LogP contribution in [0.4, 0.5) is 0 Å². The number of thiazole rings is 1. The highest BCUT2D eigenvalue weighted by Crippen LogP contribution is 2.49. The van der Waals surface area contributed by atoms with Gasteiger partial charge in [0.25, 0.3) is 0 Å². The summed E-state index contributed by atoms with van der Waals surface area (Å²) in [5.74, 6) is -2.40. The van der Waals surface area contributed by atoms with Crippen molar-refractivity contribution in [1.82, 2.24) is 4.98 Å². The van der Waals surface area contributed by atoms with Crippen LogP contribution in [0, 0.1) is 5.92 Å². The highest BCUT2D eigenvalue weighted by atomic mass is 35.5. The summed E-state index contributed by atoms with van der Waals surface area (Å²) in [5, 5.41) is 0.303. The van der Waals surface area contributed by atoms with Crippen molar-refractivity contribution in [3.8, 4) is 0 Å². The molecule has 3 atom stereocenters. The largest absolute Gasteiger partial charge is 0.469 e. The Balaban J connectivity index is 2.20. The van der Waals surface area contributed by atoms with Crippen molar-refractivity contribution < 1.29 is 19.1 Å². The van der Waals surface area contributed by atoms with E-state index in [0.29, 0.717) is 14.9 Å². The minimum atomic E-state index is -0.823. The van der Waals surface area contributed by atoms with Crippen LogP contribution in [0.3, 0.4) is 0 Å². The van der Waals surface area contributed by atoms with Gasteiger partial charge in [0, 0.05) is 15.8 Å². The number of aromatic amines is 1. The van der Waals surface area contributed by atoms with Crippen LogP contribution in [0.15, 0.2) is 34.1 Å². The number of esters is 2. The van der Waals surface area contributed by atoms with E-state index in [1.54, 1.807) is 24.3 Å². The smallest absolute Gasteiger partial charge is 0.320 e. The van der Waals surface area contributed by atoms with Gasteiger partial charge in [-0.1, -0.05) is 46.8 Å². The number of fused-ring (bicyclic) bond motifs is 1. The number of carbonyl (C=O) groups is 2. The molecule has 1 aliphatic heterocycles. The van der Waals surface area contributed by atoms with E-state index in [9.17, 15) is 14.4 Å². The molecular weight excluding hydrogens is 386 g/mol. The summed E-state index contributed by atoms with van der Waals surface area (Å²) in [5.41, 5.74) is 0.769. The lowest BCUT2D eigenvalue weighted by Crippen LogP contribution is -2.40. The Labute approximate surface area is 156 Å². The summed E-state index contributed by atoms with van der Waals surface area (Å²) >= 11 is 8.10. The van der Waals surface area contributed by atoms with Gasteiger partial charge in [-0.15, -0.1) is 0 Å². The minimum Gasteiger partial charge on any atom is -0.469 e. The standard InChI is InChI=1S/C16H14ClNO5S2/c1-22-14(19)10-9(7-3-5-8(17)6-4-7)11-13(18-16(21)25-11)24-12(10)15(20)23-2/h3-6,9-10,12H,1-2H3,(H,18,21)/t9-,10-,12-/m1/s1. The Morgan fingerprint density at radius 3 is 2.36 bits per heavy atom. The summed E-state index contributed by atoms with van der Waals surface area (Å²) in [6, 6.07) is 6.97. The predicted molar refractivity (Wildman–Crippen MR) is 95.4 cm³/mol. The highest BCUT2D eigenvalue weighted by molar-refractivity contribution is 8.00. The lowest BCUT2D eigenvalue weighted by Gasteiger charge is -2.33. The van der Waals surface area contributed by atoms with E-state index in [-0.39, 0.29) is 4.87 Å². The summed E-state index contributed by atoms with van der Waals surface area (Å²) < 4.78 is 9.80. The van der Waals surface area contributed by atoms with E-state index in [0.717, 1.165) is 28.7 Å². The second-order valence-corrected chi connectivity index (χ2v) is 7.95. The van der Waals surface area contributed by atoms with Crippen molar-refractivity contribution in [3.05, 3.63) is 49.4 Å². The molecule has 0 saturated carbocycles. The third-order valence-corrected chi connectivity index (χ3v) is 6.63. The summed E-state index contributed by atoms with van der Waals surface area (Å²) in [7, 11) is 2.54. The maximum absolute atomic E-state index is 12.5. The summed E-state index contributed by atoms with van der Waals surface area (Å²) in [6.07, 6.45) is 0. The van der Waals surface area contributed by atoms with Gasteiger partial charge in [0.15, 0.2) is 0 Å². The Morgan fingerprint density at radius 2 is 1.76 bits per heavy atom. The third kappa shape index (κ3) is 3.33. The van der Waals surface area contributed by atoms with Crippen LogP contribution < -0.4 is 4.87 Å². The molecule has 0 saturated heterocycles. The number of aromatic nitrogens is 1. The number of hydrogen-bond donors (Lipinski definition) is 1. The molecule has 1 aromatic heterocycles. The van der Waals surface area contributed by atoms with Crippen molar-refractivity contribution in [1.29, 1.82) is 0 Å². The second-order valence-electron chi connectivity index (χ2n) is 5.35. The number of hydrogen-bond acceptors (Lipinski definition) is 7. The van der Waals surface area contributed by atoms with Crippen molar-refractivity contribution in [3.63, 3.8) is 0 Å². The normalized spacial score (nSPS) is 22.1. The molecule has 1 aliphatic rings. The van der Waals surface area contributed by atoms with Crippen LogP contribution in [-0.4, -0.2) is 36.4 Å². The number of H-pyrrole nitrogens is 1. The van der Waals surface area contributed by atoms with E-state index in [1.807, 2.05) is 0 Å². The number of carbonyl (C=O) groups excluding carboxylic acids is 2. The van der Waals surface area contributed by atoms with Gasteiger partial charge < -0.3 is 14.5 Å². The molecule has 25 heavy (non-hydrogen) atoms. The Morgan fingerprint density at radius 1 is 1.12 bits per heavy atom. The van der Waals surface area contributed by atoms with E-state index in [4.69, 9.17) is 21.1 Å². The number of halogens is 1. The first-order valence-corrected chi connectivity index (χ1v) is 9.34. The van der Waals surface area contributed by atoms with Crippen molar-refractivity contribution in [2.24, 2.45) is 5.92 Å². The Hall–Kier alpha value is -1.77. The molecule has 9 heteroatoms. The van der Waals surface area contributed by atoms with E-state index in [2.05, 4.69) is 4.98 Å². The van der Waals surface area contributed by atoms with Crippen molar-refractivity contribution in [2.45, 2.75) is 16.2 Å². The van der Waals surface area contributed by atoms with Crippen LogP contribution >= 0.6 is 34.7 Å². The van der Waals surface area contributed by atoms with Crippen LogP contribution in [0.1, 0.15) is 16.4 Å². The number of benzene rings is 1. The number of nitrogens with one attached hydrogen (secondary N) is 1. The van der Waals surface area contributed by atoms with Crippen LogP contribution in [-0.2, 0) is 19.1 Å². The molecule has 132 valence electrons. The molecule has 0 unspecified atom stereocenters. The van der Waals surface area contributed by atoms with E-state index < -0.39 is 29.0 Å². The molecule has 1 aromatic carbocycles. The second kappa shape index (κ2) is 7.23. The molecule has 1 N–H and O–H groups in total. The molecular formula is C16H14ClNO5S2. The molecule has 2 aromatic rings. The molecule has 3 rings (SSSR count). The lowest BCUT2D eigenvalue weighted by molar-refractivity contribution is -0.151. The van der Waals surface area contributed by atoms with Gasteiger partial charge in [0.1, 0.15) is 5.25 Å². The van der Waals surface area contributed by atoms with Crippen LogP contribution in [0.25, 0.3) is 0 Å². The first kappa shape index (κ1) is 18.0. The number of methoxy groups -OCH3 is 2. The third-order valence-electron chi connectivity index (χ3n) is 3.99. The fourth-order valence-corrected chi connectivity index (χ4v) is 5.51. The van der Waals surface area contributed by atoms with Crippen molar-refractivity contribution >= 4 is 46.6 Å². The first-order chi connectivity index (χ1) is 12.0. The molecule has 0 aliphatic carbocycles. The first-order valence-electron chi connectivity index (χ1n) is 7.27. The molecule has 2 heterocycles.